The molecular weight excluding hydrogens is 224 g/mol. The van der Waals surface area contributed by atoms with Crippen LogP contribution in [-0.4, -0.2) is 47.8 Å². The summed E-state index contributed by atoms with van der Waals surface area (Å²) in [5, 5.41) is 13.9. The summed E-state index contributed by atoms with van der Waals surface area (Å²) < 4.78 is 0. The van der Waals surface area contributed by atoms with Crippen molar-refractivity contribution in [2.24, 2.45) is 5.92 Å². The molecule has 3 atom stereocenters. The SMILES string of the molecule is OC1CCCCC1N(CC1CC1)CC1CCCN1. The third-order valence-electron chi connectivity index (χ3n) is 4.97. The van der Waals surface area contributed by atoms with Gasteiger partial charge in [-0.3, -0.25) is 4.90 Å². The first kappa shape index (κ1) is 12.9. The summed E-state index contributed by atoms with van der Waals surface area (Å²) in [5.74, 6) is 0.931. The predicted molar refractivity (Wildman–Crippen MR) is 73.6 cm³/mol. The van der Waals surface area contributed by atoms with Gasteiger partial charge in [0.05, 0.1) is 6.10 Å². The Morgan fingerprint density at radius 3 is 2.44 bits per heavy atom. The zero-order valence-corrected chi connectivity index (χ0v) is 11.5. The number of hydrogen-bond donors (Lipinski definition) is 2. The second-order valence-corrected chi connectivity index (χ2v) is 6.61. The smallest absolute Gasteiger partial charge is 0.0695 e. The summed E-state index contributed by atoms with van der Waals surface area (Å²) in [6.45, 7) is 3.59. The van der Waals surface area contributed by atoms with Crippen LogP contribution in [0.3, 0.4) is 0 Å². The van der Waals surface area contributed by atoms with E-state index in [0.717, 1.165) is 18.9 Å². The fourth-order valence-electron chi connectivity index (χ4n) is 3.69. The Kier molecular flexibility index (Phi) is 4.22. The van der Waals surface area contributed by atoms with Crippen molar-refractivity contribution in [3.8, 4) is 0 Å². The highest BCUT2D eigenvalue weighted by Crippen LogP contribution is 2.33. The topological polar surface area (TPSA) is 35.5 Å². The molecule has 0 radical (unpaired) electrons. The van der Waals surface area contributed by atoms with E-state index in [-0.39, 0.29) is 6.10 Å². The van der Waals surface area contributed by atoms with Gasteiger partial charge in [0.15, 0.2) is 0 Å². The van der Waals surface area contributed by atoms with Gasteiger partial charge in [0, 0.05) is 25.2 Å². The van der Waals surface area contributed by atoms with E-state index < -0.39 is 0 Å². The van der Waals surface area contributed by atoms with Crippen LogP contribution in [0.2, 0.25) is 0 Å². The van der Waals surface area contributed by atoms with Crippen molar-refractivity contribution >= 4 is 0 Å². The molecule has 3 fully saturated rings. The van der Waals surface area contributed by atoms with E-state index in [9.17, 15) is 5.11 Å². The highest BCUT2D eigenvalue weighted by Gasteiger charge is 2.34. The van der Waals surface area contributed by atoms with Gasteiger partial charge in [0.25, 0.3) is 0 Å². The third kappa shape index (κ3) is 3.25. The molecule has 0 bridgehead atoms. The molecule has 0 aromatic carbocycles. The monoisotopic (exact) mass is 252 g/mol. The first-order valence-electron chi connectivity index (χ1n) is 7.98. The summed E-state index contributed by atoms with van der Waals surface area (Å²) in [7, 11) is 0. The fraction of sp³-hybridized carbons (Fsp3) is 1.00. The summed E-state index contributed by atoms with van der Waals surface area (Å²) in [4.78, 5) is 2.63. The van der Waals surface area contributed by atoms with Crippen LogP contribution >= 0.6 is 0 Å². The van der Waals surface area contributed by atoms with Crippen molar-refractivity contribution in [3.63, 3.8) is 0 Å². The Hall–Kier alpha value is -0.120. The maximum Gasteiger partial charge on any atom is 0.0695 e. The lowest BCUT2D eigenvalue weighted by Crippen LogP contribution is -2.50. The number of nitrogens with one attached hydrogen (secondary N) is 1. The molecule has 3 aliphatic rings. The molecule has 3 unspecified atom stereocenters. The highest BCUT2D eigenvalue weighted by molar-refractivity contribution is 4.90. The summed E-state index contributed by atoms with van der Waals surface area (Å²) in [5.41, 5.74) is 0. The third-order valence-corrected chi connectivity index (χ3v) is 4.97. The molecule has 1 heterocycles. The van der Waals surface area contributed by atoms with Crippen molar-refractivity contribution in [2.45, 2.75) is 69.6 Å². The Balaban J connectivity index is 1.59. The lowest BCUT2D eigenvalue weighted by Gasteiger charge is -2.39. The molecule has 2 saturated carbocycles. The minimum absolute atomic E-state index is 0.0705. The van der Waals surface area contributed by atoms with Crippen molar-refractivity contribution in [1.82, 2.24) is 10.2 Å². The molecule has 2 N–H and O–H groups in total. The molecule has 3 nitrogen and oxygen atoms in total. The maximum atomic E-state index is 10.3. The Bertz CT molecular complexity index is 261. The molecule has 104 valence electrons. The van der Waals surface area contributed by atoms with Crippen molar-refractivity contribution < 1.29 is 5.11 Å². The first-order valence-corrected chi connectivity index (χ1v) is 7.98. The van der Waals surface area contributed by atoms with Crippen molar-refractivity contribution in [1.29, 1.82) is 0 Å². The molecule has 0 aromatic rings. The quantitative estimate of drug-likeness (QED) is 0.782. The average Bonchev–Trinajstić information content (AvgIpc) is 3.03. The average molecular weight is 252 g/mol. The lowest BCUT2D eigenvalue weighted by atomic mass is 9.90. The van der Waals surface area contributed by atoms with Crippen LogP contribution in [0.25, 0.3) is 0 Å². The molecule has 2 aliphatic carbocycles. The van der Waals surface area contributed by atoms with Crippen molar-refractivity contribution in [2.75, 3.05) is 19.6 Å². The normalized spacial score (nSPS) is 37.3. The summed E-state index contributed by atoms with van der Waals surface area (Å²) in [6.07, 6.45) is 10.2. The highest BCUT2D eigenvalue weighted by atomic mass is 16.3. The zero-order valence-electron chi connectivity index (χ0n) is 11.5. The number of aliphatic hydroxyl groups is 1. The van der Waals surface area contributed by atoms with E-state index in [1.54, 1.807) is 0 Å². The van der Waals surface area contributed by atoms with Gasteiger partial charge in [-0.2, -0.15) is 0 Å². The van der Waals surface area contributed by atoms with Gasteiger partial charge in [0.2, 0.25) is 0 Å². The first-order chi connectivity index (χ1) is 8.83. The van der Waals surface area contributed by atoms with Gasteiger partial charge in [-0.05, 0) is 51.0 Å². The Morgan fingerprint density at radius 2 is 1.78 bits per heavy atom. The standard InChI is InChI=1S/C15H28N2O/c18-15-6-2-1-5-14(15)17(10-12-7-8-12)11-13-4-3-9-16-13/h12-16,18H,1-11H2. The van der Waals surface area contributed by atoms with E-state index in [0.29, 0.717) is 12.1 Å². The number of nitrogens with zero attached hydrogens (tertiary/aromatic N) is 1. The van der Waals surface area contributed by atoms with Crippen LogP contribution in [0, 0.1) is 5.92 Å². The van der Waals surface area contributed by atoms with E-state index >= 15 is 0 Å². The fourth-order valence-corrected chi connectivity index (χ4v) is 3.69. The molecule has 0 spiro atoms. The lowest BCUT2D eigenvalue weighted by molar-refractivity contribution is 0.0140. The van der Waals surface area contributed by atoms with Gasteiger partial charge in [-0.25, -0.2) is 0 Å². The second-order valence-electron chi connectivity index (χ2n) is 6.61. The molecule has 1 saturated heterocycles. The number of hydrogen-bond acceptors (Lipinski definition) is 3. The van der Waals surface area contributed by atoms with Gasteiger partial charge in [0.1, 0.15) is 0 Å². The molecular formula is C15H28N2O. The second kappa shape index (κ2) is 5.89. The van der Waals surface area contributed by atoms with Crippen LogP contribution in [0.5, 0.6) is 0 Å². The molecule has 1 aliphatic heterocycles. The maximum absolute atomic E-state index is 10.3. The number of rotatable bonds is 5. The minimum Gasteiger partial charge on any atom is -0.391 e. The van der Waals surface area contributed by atoms with Gasteiger partial charge in [-0.15, -0.1) is 0 Å². The van der Waals surface area contributed by atoms with E-state index in [2.05, 4.69) is 10.2 Å². The predicted octanol–water partition coefficient (Wildman–Crippen LogP) is 1.75. The van der Waals surface area contributed by atoms with Crippen LogP contribution in [0.4, 0.5) is 0 Å². The van der Waals surface area contributed by atoms with Crippen LogP contribution < -0.4 is 5.32 Å². The summed E-state index contributed by atoms with van der Waals surface area (Å²) in [6, 6.07) is 1.12. The van der Waals surface area contributed by atoms with E-state index in [1.165, 1.54) is 58.0 Å². The van der Waals surface area contributed by atoms with Crippen LogP contribution in [0.1, 0.15) is 51.4 Å². The molecule has 0 amide bonds. The Labute approximate surface area is 111 Å². The van der Waals surface area contributed by atoms with E-state index in [1.807, 2.05) is 0 Å². The number of aliphatic hydroxyl groups excluding tert-OH is 1. The zero-order chi connectivity index (χ0) is 12.4. The molecule has 3 rings (SSSR count). The van der Waals surface area contributed by atoms with Gasteiger partial charge < -0.3 is 10.4 Å². The van der Waals surface area contributed by atoms with Gasteiger partial charge in [-0.1, -0.05) is 12.8 Å². The van der Waals surface area contributed by atoms with Crippen LogP contribution in [0.15, 0.2) is 0 Å². The molecule has 18 heavy (non-hydrogen) atoms. The Morgan fingerprint density at radius 1 is 0.944 bits per heavy atom. The van der Waals surface area contributed by atoms with E-state index in [4.69, 9.17) is 0 Å². The van der Waals surface area contributed by atoms with Crippen LogP contribution in [-0.2, 0) is 0 Å². The van der Waals surface area contributed by atoms with Crippen molar-refractivity contribution in [3.05, 3.63) is 0 Å². The molecule has 0 aromatic heterocycles. The minimum atomic E-state index is -0.0705. The summed E-state index contributed by atoms with van der Waals surface area (Å²) >= 11 is 0. The largest absolute Gasteiger partial charge is 0.391 e. The van der Waals surface area contributed by atoms with Gasteiger partial charge >= 0.3 is 0 Å². The molecule has 3 heteroatoms.